The smallest absolute Gasteiger partial charge is 0.235 e. The summed E-state index contributed by atoms with van der Waals surface area (Å²) in [5.41, 5.74) is 2.13. The van der Waals surface area contributed by atoms with Crippen molar-refractivity contribution in [2.75, 3.05) is 6.54 Å². The maximum absolute atomic E-state index is 12.6. The summed E-state index contributed by atoms with van der Waals surface area (Å²) >= 11 is 0. The molecule has 1 fully saturated rings. The minimum absolute atomic E-state index is 0.0596. The van der Waals surface area contributed by atoms with Gasteiger partial charge in [0.15, 0.2) is 0 Å². The average Bonchev–Trinajstić information content (AvgIpc) is 2.63. The lowest BCUT2D eigenvalue weighted by molar-refractivity contribution is -0.145. The lowest BCUT2D eigenvalue weighted by Crippen LogP contribution is -2.47. The summed E-state index contributed by atoms with van der Waals surface area (Å²) < 4.78 is 0. The van der Waals surface area contributed by atoms with Crippen LogP contribution in [0.2, 0.25) is 0 Å². The van der Waals surface area contributed by atoms with Gasteiger partial charge in [-0.05, 0) is 24.0 Å². The molecular formula is C20H22N2O2. The maximum atomic E-state index is 12.6. The highest BCUT2D eigenvalue weighted by Crippen LogP contribution is 2.20. The van der Waals surface area contributed by atoms with E-state index in [2.05, 4.69) is 5.32 Å². The second kappa shape index (κ2) is 7.77. The molecule has 124 valence electrons. The van der Waals surface area contributed by atoms with Crippen molar-refractivity contribution in [1.82, 2.24) is 10.2 Å². The van der Waals surface area contributed by atoms with E-state index < -0.39 is 5.92 Å². The Morgan fingerprint density at radius 3 is 2.29 bits per heavy atom. The van der Waals surface area contributed by atoms with Crippen molar-refractivity contribution in [2.24, 2.45) is 5.92 Å². The molecule has 1 heterocycles. The van der Waals surface area contributed by atoms with Crippen molar-refractivity contribution in [2.45, 2.75) is 25.9 Å². The first-order chi connectivity index (χ1) is 11.7. The van der Waals surface area contributed by atoms with Gasteiger partial charge in [0.1, 0.15) is 5.92 Å². The topological polar surface area (TPSA) is 49.4 Å². The Morgan fingerprint density at radius 2 is 1.62 bits per heavy atom. The third-order valence-electron chi connectivity index (χ3n) is 4.37. The molecule has 2 aromatic rings. The Kier molecular flexibility index (Phi) is 5.26. The summed E-state index contributed by atoms with van der Waals surface area (Å²) in [6.07, 6.45) is 1.49. The fourth-order valence-electron chi connectivity index (χ4n) is 3.05. The number of carbonyl (C=O) groups excluding carboxylic acids is 2. The predicted octanol–water partition coefficient (Wildman–Crippen LogP) is 2.74. The van der Waals surface area contributed by atoms with Gasteiger partial charge in [0.25, 0.3) is 0 Å². The van der Waals surface area contributed by atoms with E-state index in [-0.39, 0.29) is 11.8 Å². The molecule has 3 rings (SSSR count). The zero-order chi connectivity index (χ0) is 16.8. The SMILES string of the molecule is O=C(NCc1ccccc1)C1CCCN(Cc2ccccc2)C1=O. The number of carbonyl (C=O) groups is 2. The van der Waals surface area contributed by atoms with Crippen molar-refractivity contribution in [3.63, 3.8) is 0 Å². The first-order valence-corrected chi connectivity index (χ1v) is 8.38. The molecule has 0 aromatic heterocycles. The molecule has 24 heavy (non-hydrogen) atoms. The van der Waals surface area contributed by atoms with Crippen molar-refractivity contribution in [3.8, 4) is 0 Å². The van der Waals surface area contributed by atoms with Gasteiger partial charge in [-0.2, -0.15) is 0 Å². The number of rotatable bonds is 5. The van der Waals surface area contributed by atoms with Gasteiger partial charge in [-0.1, -0.05) is 60.7 Å². The zero-order valence-corrected chi connectivity index (χ0v) is 13.7. The van der Waals surface area contributed by atoms with Gasteiger partial charge in [-0.3, -0.25) is 9.59 Å². The van der Waals surface area contributed by atoms with Crippen LogP contribution in [-0.4, -0.2) is 23.3 Å². The highest BCUT2D eigenvalue weighted by atomic mass is 16.2. The van der Waals surface area contributed by atoms with Crippen LogP contribution in [0.15, 0.2) is 60.7 Å². The minimum atomic E-state index is -0.564. The predicted molar refractivity (Wildman–Crippen MR) is 92.9 cm³/mol. The number of nitrogens with one attached hydrogen (secondary N) is 1. The van der Waals surface area contributed by atoms with Crippen LogP contribution >= 0.6 is 0 Å². The number of likely N-dealkylation sites (tertiary alicyclic amines) is 1. The molecule has 1 N–H and O–H groups in total. The van der Waals surface area contributed by atoms with E-state index in [9.17, 15) is 9.59 Å². The van der Waals surface area contributed by atoms with E-state index in [0.29, 0.717) is 19.5 Å². The van der Waals surface area contributed by atoms with E-state index in [1.54, 1.807) is 4.90 Å². The molecule has 2 aromatic carbocycles. The molecule has 1 aliphatic rings. The van der Waals surface area contributed by atoms with E-state index >= 15 is 0 Å². The molecule has 2 amide bonds. The Bertz CT molecular complexity index is 685. The van der Waals surface area contributed by atoms with Crippen molar-refractivity contribution in [1.29, 1.82) is 0 Å². The molecule has 0 radical (unpaired) electrons. The van der Waals surface area contributed by atoms with Gasteiger partial charge in [0.2, 0.25) is 11.8 Å². The van der Waals surface area contributed by atoms with Gasteiger partial charge >= 0.3 is 0 Å². The molecule has 0 aliphatic carbocycles. The first-order valence-electron chi connectivity index (χ1n) is 8.38. The fourth-order valence-corrected chi connectivity index (χ4v) is 3.05. The summed E-state index contributed by atoms with van der Waals surface area (Å²) in [6.45, 7) is 1.75. The zero-order valence-electron chi connectivity index (χ0n) is 13.7. The fraction of sp³-hybridized carbons (Fsp3) is 0.300. The molecule has 0 bridgehead atoms. The van der Waals surface area contributed by atoms with Crippen LogP contribution in [0.5, 0.6) is 0 Å². The Hall–Kier alpha value is -2.62. The normalized spacial score (nSPS) is 17.6. The van der Waals surface area contributed by atoms with Gasteiger partial charge in [0.05, 0.1) is 0 Å². The monoisotopic (exact) mass is 322 g/mol. The van der Waals surface area contributed by atoms with E-state index in [1.165, 1.54) is 0 Å². The third kappa shape index (κ3) is 4.02. The van der Waals surface area contributed by atoms with Gasteiger partial charge < -0.3 is 10.2 Å². The van der Waals surface area contributed by atoms with E-state index in [1.807, 2.05) is 60.7 Å². The number of hydrogen-bond donors (Lipinski definition) is 1. The number of nitrogens with zero attached hydrogens (tertiary/aromatic N) is 1. The van der Waals surface area contributed by atoms with Crippen LogP contribution in [0.3, 0.4) is 0 Å². The lowest BCUT2D eigenvalue weighted by Gasteiger charge is -2.31. The second-order valence-corrected chi connectivity index (χ2v) is 6.14. The molecule has 4 nitrogen and oxygen atoms in total. The maximum Gasteiger partial charge on any atom is 0.235 e. The molecule has 1 atom stereocenters. The summed E-state index contributed by atoms with van der Waals surface area (Å²) in [5, 5.41) is 2.90. The minimum Gasteiger partial charge on any atom is -0.351 e. The number of hydrogen-bond acceptors (Lipinski definition) is 2. The van der Waals surface area contributed by atoms with Crippen LogP contribution < -0.4 is 5.32 Å². The standard InChI is InChI=1S/C20H22N2O2/c23-19(21-14-16-8-3-1-4-9-16)18-12-7-13-22(20(18)24)15-17-10-5-2-6-11-17/h1-6,8-11,18H,7,12-15H2,(H,21,23). The Balaban J connectivity index is 1.58. The quantitative estimate of drug-likeness (QED) is 0.861. The Labute approximate surface area is 142 Å². The van der Waals surface area contributed by atoms with Crippen molar-refractivity contribution in [3.05, 3.63) is 71.8 Å². The molecule has 0 saturated carbocycles. The third-order valence-corrected chi connectivity index (χ3v) is 4.37. The van der Waals surface area contributed by atoms with Crippen LogP contribution in [0.1, 0.15) is 24.0 Å². The van der Waals surface area contributed by atoms with Crippen LogP contribution in [-0.2, 0) is 22.7 Å². The highest BCUT2D eigenvalue weighted by molar-refractivity contribution is 6.00. The van der Waals surface area contributed by atoms with Crippen LogP contribution in [0, 0.1) is 5.92 Å². The van der Waals surface area contributed by atoms with Gasteiger partial charge in [0, 0.05) is 19.6 Å². The molecular weight excluding hydrogens is 300 g/mol. The molecule has 4 heteroatoms. The summed E-state index contributed by atoms with van der Waals surface area (Å²) in [5.74, 6) is -0.788. The van der Waals surface area contributed by atoms with Crippen LogP contribution in [0.25, 0.3) is 0 Å². The van der Waals surface area contributed by atoms with E-state index in [0.717, 1.165) is 24.1 Å². The second-order valence-electron chi connectivity index (χ2n) is 6.14. The summed E-state index contributed by atoms with van der Waals surface area (Å²) in [7, 11) is 0. The van der Waals surface area contributed by atoms with Crippen molar-refractivity contribution >= 4 is 11.8 Å². The molecule has 1 saturated heterocycles. The molecule has 1 aliphatic heterocycles. The summed E-state index contributed by atoms with van der Waals surface area (Å²) in [6, 6.07) is 19.7. The Morgan fingerprint density at radius 1 is 1.00 bits per heavy atom. The summed E-state index contributed by atoms with van der Waals surface area (Å²) in [4.78, 5) is 26.9. The van der Waals surface area contributed by atoms with Crippen molar-refractivity contribution < 1.29 is 9.59 Å². The van der Waals surface area contributed by atoms with E-state index in [4.69, 9.17) is 0 Å². The highest BCUT2D eigenvalue weighted by Gasteiger charge is 2.33. The number of amides is 2. The average molecular weight is 322 g/mol. The van der Waals surface area contributed by atoms with Gasteiger partial charge in [-0.25, -0.2) is 0 Å². The molecule has 1 unspecified atom stereocenters. The first kappa shape index (κ1) is 16.2. The van der Waals surface area contributed by atoms with Crippen LogP contribution in [0.4, 0.5) is 0 Å². The largest absolute Gasteiger partial charge is 0.351 e. The number of piperidine rings is 1. The molecule has 0 spiro atoms. The lowest BCUT2D eigenvalue weighted by atomic mass is 9.95. The number of benzene rings is 2. The van der Waals surface area contributed by atoms with Gasteiger partial charge in [-0.15, -0.1) is 0 Å².